The molecule has 2 aromatic carbocycles. The number of halogens is 2. The Bertz CT molecular complexity index is 760. The molecule has 0 aliphatic carbocycles. The molecule has 22 heavy (non-hydrogen) atoms. The molecule has 6 heteroatoms. The Balaban J connectivity index is 2.24. The van der Waals surface area contributed by atoms with Gasteiger partial charge in [0.15, 0.2) is 0 Å². The molecule has 0 fully saturated rings. The molecule has 0 spiro atoms. The van der Waals surface area contributed by atoms with Gasteiger partial charge in [0, 0.05) is 18.1 Å². The van der Waals surface area contributed by atoms with Crippen LogP contribution in [0.2, 0.25) is 0 Å². The highest BCUT2D eigenvalue weighted by molar-refractivity contribution is 9.10. The molecular weight excluding hydrogens is 369 g/mol. The largest absolute Gasteiger partial charge is 0.244 e. The zero-order valence-electron chi connectivity index (χ0n) is 12.4. The van der Waals surface area contributed by atoms with Gasteiger partial charge in [-0.1, -0.05) is 31.2 Å². The van der Waals surface area contributed by atoms with E-state index in [0.29, 0.717) is 0 Å². The summed E-state index contributed by atoms with van der Waals surface area (Å²) in [5.41, 5.74) is 2.11. The summed E-state index contributed by atoms with van der Waals surface area (Å²) in [4.78, 5) is 0.0570. The highest BCUT2D eigenvalue weighted by Gasteiger charge is 2.23. The van der Waals surface area contributed by atoms with E-state index in [-0.39, 0.29) is 15.9 Å². The summed E-state index contributed by atoms with van der Waals surface area (Å²) in [5.74, 6) is -0.483. The van der Waals surface area contributed by atoms with Crippen molar-refractivity contribution in [1.82, 2.24) is 4.31 Å². The van der Waals surface area contributed by atoms with Crippen LogP contribution in [0.1, 0.15) is 18.1 Å². The molecule has 0 aromatic heterocycles. The second kappa shape index (κ2) is 6.89. The van der Waals surface area contributed by atoms with Crippen molar-refractivity contribution in [2.24, 2.45) is 0 Å². The number of hydrogen-bond acceptors (Lipinski definition) is 2. The first-order valence-electron chi connectivity index (χ1n) is 6.84. The second-order valence-electron chi connectivity index (χ2n) is 5.01. The van der Waals surface area contributed by atoms with Gasteiger partial charge in [0.05, 0.1) is 4.90 Å². The van der Waals surface area contributed by atoms with Crippen LogP contribution in [0.3, 0.4) is 0 Å². The third-order valence-electron chi connectivity index (χ3n) is 3.42. The summed E-state index contributed by atoms with van der Waals surface area (Å²) in [6, 6.07) is 11.4. The fourth-order valence-electron chi connectivity index (χ4n) is 2.07. The van der Waals surface area contributed by atoms with Gasteiger partial charge in [-0.3, -0.25) is 0 Å². The molecule has 118 valence electrons. The predicted molar refractivity (Wildman–Crippen MR) is 88.6 cm³/mol. The fraction of sp³-hybridized carbons (Fsp3) is 0.250. The molecule has 0 atom stereocenters. The Morgan fingerprint density at radius 2 is 1.68 bits per heavy atom. The molecule has 3 nitrogen and oxygen atoms in total. The summed E-state index contributed by atoms with van der Waals surface area (Å²) < 4.78 is 39.7. The van der Waals surface area contributed by atoms with Crippen LogP contribution < -0.4 is 0 Å². The van der Waals surface area contributed by atoms with E-state index < -0.39 is 15.8 Å². The number of nitrogens with zero attached hydrogens (tertiary/aromatic N) is 1. The van der Waals surface area contributed by atoms with Crippen LogP contribution in [0.15, 0.2) is 51.8 Å². The summed E-state index contributed by atoms with van der Waals surface area (Å²) in [5, 5.41) is 0. The van der Waals surface area contributed by atoms with Gasteiger partial charge in [0.1, 0.15) is 5.82 Å². The standard InChI is InChI=1S/C16H17BrFNO2S/c1-3-12-4-6-13(7-5-12)11-19(2)22(20,21)16-9-8-14(18)10-15(16)17/h4-10H,3,11H2,1-2H3. The van der Waals surface area contributed by atoms with Crippen molar-refractivity contribution < 1.29 is 12.8 Å². The van der Waals surface area contributed by atoms with E-state index >= 15 is 0 Å². The molecule has 2 rings (SSSR count). The Morgan fingerprint density at radius 1 is 1.09 bits per heavy atom. The third-order valence-corrected chi connectivity index (χ3v) is 6.20. The van der Waals surface area contributed by atoms with E-state index in [0.717, 1.165) is 24.1 Å². The zero-order chi connectivity index (χ0) is 16.3. The lowest BCUT2D eigenvalue weighted by Crippen LogP contribution is -2.26. The topological polar surface area (TPSA) is 37.4 Å². The maximum absolute atomic E-state index is 13.1. The summed E-state index contributed by atoms with van der Waals surface area (Å²) in [6.07, 6.45) is 0.941. The van der Waals surface area contributed by atoms with Gasteiger partial charge in [-0.15, -0.1) is 0 Å². The Morgan fingerprint density at radius 3 is 2.23 bits per heavy atom. The molecule has 0 unspecified atom stereocenters. The lowest BCUT2D eigenvalue weighted by atomic mass is 10.1. The minimum atomic E-state index is -3.68. The molecule has 0 saturated carbocycles. The number of rotatable bonds is 5. The van der Waals surface area contributed by atoms with Gasteiger partial charge in [0.25, 0.3) is 0 Å². The summed E-state index contributed by atoms with van der Waals surface area (Å²) >= 11 is 3.11. The Kier molecular flexibility index (Phi) is 5.36. The van der Waals surface area contributed by atoms with E-state index in [9.17, 15) is 12.8 Å². The van der Waals surface area contributed by atoms with E-state index in [2.05, 4.69) is 22.9 Å². The number of benzene rings is 2. The first kappa shape index (κ1) is 17.1. The number of aryl methyl sites for hydroxylation is 1. The first-order chi connectivity index (χ1) is 10.3. The van der Waals surface area contributed by atoms with Crippen molar-refractivity contribution in [1.29, 1.82) is 0 Å². The van der Waals surface area contributed by atoms with Gasteiger partial charge in [-0.05, 0) is 51.7 Å². The third kappa shape index (κ3) is 3.74. The Labute approximate surface area is 139 Å². The van der Waals surface area contributed by atoms with Gasteiger partial charge in [0.2, 0.25) is 10.0 Å². The van der Waals surface area contributed by atoms with E-state index in [1.165, 1.54) is 23.0 Å². The zero-order valence-corrected chi connectivity index (χ0v) is 14.8. The van der Waals surface area contributed by atoms with Crippen LogP contribution in [0, 0.1) is 5.82 Å². The molecular formula is C16H17BrFNO2S. The van der Waals surface area contributed by atoms with Crippen LogP contribution in [-0.4, -0.2) is 19.8 Å². The van der Waals surface area contributed by atoms with Crippen molar-refractivity contribution in [3.8, 4) is 0 Å². The smallest absolute Gasteiger partial charge is 0.207 e. The predicted octanol–water partition coefficient (Wildman–Crippen LogP) is 3.97. The first-order valence-corrected chi connectivity index (χ1v) is 9.07. The SMILES string of the molecule is CCc1ccc(CN(C)S(=O)(=O)c2ccc(F)cc2Br)cc1. The molecule has 2 aromatic rings. The van der Waals surface area contributed by atoms with Crippen LogP contribution in [-0.2, 0) is 23.0 Å². The van der Waals surface area contributed by atoms with E-state index in [1.807, 2.05) is 24.3 Å². The van der Waals surface area contributed by atoms with Crippen molar-refractivity contribution >= 4 is 26.0 Å². The molecule has 0 radical (unpaired) electrons. The van der Waals surface area contributed by atoms with Crippen molar-refractivity contribution in [2.75, 3.05) is 7.05 Å². The van der Waals surface area contributed by atoms with Gasteiger partial charge in [-0.2, -0.15) is 4.31 Å². The maximum Gasteiger partial charge on any atom is 0.244 e. The maximum atomic E-state index is 13.1. The lowest BCUT2D eigenvalue weighted by Gasteiger charge is -2.18. The quantitative estimate of drug-likeness (QED) is 0.780. The van der Waals surface area contributed by atoms with Crippen LogP contribution in [0.5, 0.6) is 0 Å². The molecule has 0 amide bonds. The fourth-order valence-corrected chi connectivity index (χ4v) is 4.24. The Hall–Kier alpha value is -1.24. The van der Waals surface area contributed by atoms with Crippen LogP contribution in [0.4, 0.5) is 4.39 Å². The molecule has 0 aliphatic rings. The monoisotopic (exact) mass is 385 g/mol. The van der Waals surface area contributed by atoms with Crippen LogP contribution in [0.25, 0.3) is 0 Å². The van der Waals surface area contributed by atoms with Crippen molar-refractivity contribution in [3.05, 3.63) is 63.9 Å². The van der Waals surface area contributed by atoms with E-state index in [1.54, 1.807) is 0 Å². The molecule has 0 aliphatic heterocycles. The normalized spacial score (nSPS) is 11.9. The van der Waals surface area contributed by atoms with Gasteiger partial charge >= 0.3 is 0 Å². The average Bonchev–Trinajstić information content (AvgIpc) is 2.47. The molecule has 0 saturated heterocycles. The van der Waals surface area contributed by atoms with Crippen LogP contribution >= 0.6 is 15.9 Å². The highest BCUT2D eigenvalue weighted by Crippen LogP contribution is 2.26. The minimum absolute atomic E-state index is 0.0570. The highest BCUT2D eigenvalue weighted by atomic mass is 79.9. The van der Waals surface area contributed by atoms with Crippen molar-refractivity contribution in [3.63, 3.8) is 0 Å². The number of hydrogen-bond donors (Lipinski definition) is 0. The second-order valence-corrected chi connectivity index (χ2v) is 7.87. The van der Waals surface area contributed by atoms with E-state index in [4.69, 9.17) is 0 Å². The molecule has 0 heterocycles. The molecule has 0 N–H and O–H groups in total. The molecule has 0 bridgehead atoms. The van der Waals surface area contributed by atoms with Gasteiger partial charge < -0.3 is 0 Å². The van der Waals surface area contributed by atoms with Crippen molar-refractivity contribution in [2.45, 2.75) is 24.8 Å². The summed E-state index contributed by atoms with van der Waals surface area (Å²) in [6.45, 7) is 2.33. The average molecular weight is 386 g/mol. The van der Waals surface area contributed by atoms with Gasteiger partial charge in [-0.25, -0.2) is 12.8 Å². The lowest BCUT2D eigenvalue weighted by molar-refractivity contribution is 0.466. The summed E-state index contributed by atoms with van der Waals surface area (Å²) in [7, 11) is -2.17. The minimum Gasteiger partial charge on any atom is -0.207 e. The number of sulfonamides is 1.